The summed E-state index contributed by atoms with van der Waals surface area (Å²) in [5.74, 6) is -1.88. The van der Waals surface area contributed by atoms with Crippen LogP contribution in [-0.4, -0.2) is 17.9 Å². The molecule has 3 nitrogen and oxygen atoms in total. The number of hydrogen-bond donors (Lipinski definition) is 0. The van der Waals surface area contributed by atoms with Crippen LogP contribution in [0.1, 0.15) is 10.4 Å². The van der Waals surface area contributed by atoms with E-state index in [1.807, 2.05) is 0 Å². The van der Waals surface area contributed by atoms with E-state index in [1.165, 1.54) is 25.2 Å². The molecule has 0 N–H and O–H groups in total. The predicted molar refractivity (Wildman–Crippen MR) is 68.3 cm³/mol. The van der Waals surface area contributed by atoms with Crippen LogP contribution in [0.25, 0.3) is 0 Å². The molecule has 0 bridgehead atoms. The number of aromatic nitrogens is 1. The van der Waals surface area contributed by atoms with Crippen LogP contribution < -0.4 is 4.90 Å². The summed E-state index contributed by atoms with van der Waals surface area (Å²) in [6.45, 7) is 0. The van der Waals surface area contributed by atoms with Crippen molar-refractivity contribution in [2.45, 2.75) is 0 Å². The molecule has 2 aromatic rings. The lowest BCUT2D eigenvalue weighted by atomic mass is 10.2. The molecule has 0 spiro atoms. The Morgan fingerprint density at radius 2 is 2.00 bits per heavy atom. The van der Waals surface area contributed by atoms with Gasteiger partial charge in [0.1, 0.15) is 16.8 Å². The first kappa shape index (κ1) is 13.4. The highest BCUT2D eigenvalue weighted by Crippen LogP contribution is 2.22. The van der Waals surface area contributed by atoms with Gasteiger partial charge in [0, 0.05) is 7.05 Å². The lowest BCUT2D eigenvalue weighted by Gasteiger charge is -2.18. The third-order valence-corrected chi connectivity index (χ3v) is 2.86. The molecule has 0 unspecified atom stereocenters. The fourth-order valence-corrected chi connectivity index (χ4v) is 1.77. The second-order valence-electron chi connectivity index (χ2n) is 3.81. The molecule has 0 fully saturated rings. The van der Waals surface area contributed by atoms with Crippen molar-refractivity contribution in [3.05, 3.63) is 58.9 Å². The van der Waals surface area contributed by atoms with Crippen molar-refractivity contribution in [3.63, 3.8) is 0 Å². The average Bonchev–Trinajstić information content (AvgIpc) is 2.40. The topological polar surface area (TPSA) is 33.2 Å². The minimum Gasteiger partial charge on any atom is -0.309 e. The zero-order valence-electron chi connectivity index (χ0n) is 9.90. The number of anilines is 1. The molecule has 6 heteroatoms. The number of carbonyl (C=O) groups is 1. The van der Waals surface area contributed by atoms with Crippen molar-refractivity contribution in [2.75, 3.05) is 11.9 Å². The monoisotopic (exact) mass is 282 g/mol. The lowest BCUT2D eigenvalue weighted by Crippen LogP contribution is -2.27. The van der Waals surface area contributed by atoms with Crippen molar-refractivity contribution in [2.24, 2.45) is 0 Å². The van der Waals surface area contributed by atoms with Crippen LogP contribution in [0.15, 0.2) is 36.5 Å². The molecule has 1 amide bonds. The fraction of sp³-hybridized carbons (Fsp3) is 0.0769. The van der Waals surface area contributed by atoms with Crippen LogP contribution in [0.3, 0.4) is 0 Å². The molecule has 0 aliphatic heterocycles. The molecular weight excluding hydrogens is 274 g/mol. The van der Waals surface area contributed by atoms with Crippen LogP contribution in [0.2, 0.25) is 5.15 Å². The van der Waals surface area contributed by atoms with Crippen molar-refractivity contribution >= 4 is 23.2 Å². The molecule has 1 heterocycles. The van der Waals surface area contributed by atoms with Crippen LogP contribution in [0, 0.1) is 11.6 Å². The molecule has 0 saturated heterocycles. The van der Waals surface area contributed by atoms with E-state index in [2.05, 4.69) is 4.98 Å². The van der Waals surface area contributed by atoms with Crippen molar-refractivity contribution in [1.29, 1.82) is 0 Å². The SMILES string of the molecule is CN(C(=O)c1cc(F)cnc1Cl)c1ccccc1F. The van der Waals surface area contributed by atoms with Crippen molar-refractivity contribution < 1.29 is 13.6 Å². The highest BCUT2D eigenvalue weighted by atomic mass is 35.5. The number of carbonyl (C=O) groups excluding carboxylic acids is 1. The van der Waals surface area contributed by atoms with E-state index >= 15 is 0 Å². The summed E-state index contributed by atoms with van der Waals surface area (Å²) in [5.41, 5.74) is -0.0414. The Balaban J connectivity index is 2.39. The van der Waals surface area contributed by atoms with Gasteiger partial charge >= 0.3 is 0 Å². The Hall–Kier alpha value is -2.01. The molecule has 1 aromatic heterocycles. The Kier molecular flexibility index (Phi) is 3.76. The first-order valence-corrected chi connectivity index (χ1v) is 5.72. The maximum atomic E-state index is 13.6. The number of halogens is 3. The number of benzene rings is 1. The summed E-state index contributed by atoms with van der Waals surface area (Å²) in [4.78, 5) is 16.7. The normalized spacial score (nSPS) is 10.3. The molecule has 2 rings (SSSR count). The number of pyridine rings is 1. The Labute approximate surface area is 113 Å². The van der Waals surface area contributed by atoms with Crippen molar-refractivity contribution in [1.82, 2.24) is 4.98 Å². The van der Waals surface area contributed by atoms with E-state index in [1.54, 1.807) is 6.07 Å². The van der Waals surface area contributed by atoms with Gasteiger partial charge in [0.05, 0.1) is 17.4 Å². The molecule has 0 saturated carbocycles. The van der Waals surface area contributed by atoms with E-state index in [0.717, 1.165) is 17.2 Å². The van der Waals surface area contributed by atoms with Gasteiger partial charge in [-0.15, -0.1) is 0 Å². The zero-order chi connectivity index (χ0) is 14.0. The van der Waals surface area contributed by atoms with E-state index in [9.17, 15) is 13.6 Å². The molecule has 0 aliphatic rings. The minimum absolute atomic E-state index is 0.0767. The van der Waals surface area contributed by atoms with E-state index in [0.29, 0.717) is 0 Å². The number of nitrogens with zero attached hydrogens (tertiary/aromatic N) is 2. The van der Waals surface area contributed by atoms with Gasteiger partial charge in [0.15, 0.2) is 0 Å². The Morgan fingerprint density at radius 1 is 1.32 bits per heavy atom. The number of amides is 1. The second kappa shape index (κ2) is 5.32. The van der Waals surface area contributed by atoms with Crippen LogP contribution in [0.5, 0.6) is 0 Å². The summed E-state index contributed by atoms with van der Waals surface area (Å²) in [6.07, 6.45) is 0.905. The number of rotatable bonds is 2. The van der Waals surface area contributed by atoms with E-state index < -0.39 is 17.5 Å². The van der Waals surface area contributed by atoms with Gasteiger partial charge in [-0.2, -0.15) is 0 Å². The quantitative estimate of drug-likeness (QED) is 0.792. The van der Waals surface area contributed by atoms with E-state index in [-0.39, 0.29) is 16.4 Å². The highest BCUT2D eigenvalue weighted by molar-refractivity contribution is 6.33. The van der Waals surface area contributed by atoms with Crippen LogP contribution in [0.4, 0.5) is 14.5 Å². The maximum absolute atomic E-state index is 13.6. The molecule has 0 radical (unpaired) electrons. The van der Waals surface area contributed by atoms with Gasteiger partial charge in [-0.05, 0) is 18.2 Å². The maximum Gasteiger partial charge on any atom is 0.261 e. The third-order valence-electron chi connectivity index (χ3n) is 2.55. The summed E-state index contributed by atoms with van der Waals surface area (Å²) < 4.78 is 26.7. The summed E-state index contributed by atoms with van der Waals surface area (Å²) in [6, 6.07) is 6.73. The zero-order valence-corrected chi connectivity index (χ0v) is 10.7. The molecular formula is C13H9ClF2N2O. The first-order chi connectivity index (χ1) is 9.00. The van der Waals surface area contributed by atoms with E-state index in [4.69, 9.17) is 11.6 Å². The fourth-order valence-electron chi connectivity index (χ4n) is 1.59. The van der Waals surface area contributed by atoms with Crippen LogP contribution in [-0.2, 0) is 0 Å². The lowest BCUT2D eigenvalue weighted by molar-refractivity contribution is 0.0991. The largest absolute Gasteiger partial charge is 0.309 e. The molecule has 19 heavy (non-hydrogen) atoms. The molecule has 98 valence electrons. The Bertz CT molecular complexity index is 634. The highest BCUT2D eigenvalue weighted by Gasteiger charge is 2.20. The van der Waals surface area contributed by atoms with Gasteiger partial charge in [0.25, 0.3) is 5.91 Å². The molecule has 0 atom stereocenters. The second-order valence-corrected chi connectivity index (χ2v) is 4.17. The number of hydrogen-bond acceptors (Lipinski definition) is 2. The average molecular weight is 283 g/mol. The standard InChI is InChI=1S/C13H9ClF2N2O/c1-18(11-5-3-2-4-10(11)16)13(19)9-6-8(15)7-17-12(9)14/h2-7H,1H3. The smallest absolute Gasteiger partial charge is 0.261 e. The van der Waals surface area contributed by atoms with Crippen molar-refractivity contribution in [3.8, 4) is 0 Å². The molecule has 0 aliphatic carbocycles. The predicted octanol–water partition coefficient (Wildman–Crippen LogP) is 3.29. The Morgan fingerprint density at radius 3 is 2.68 bits per heavy atom. The van der Waals surface area contributed by atoms with Gasteiger partial charge in [0.2, 0.25) is 0 Å². The summed E-state index contributed by atoms with van der Waals surface area (Å²) in [7, 11) is 1.38. The summed E-state index contributed by atoms with van der Waals surface area (Å²) >= 11 is 5.74. The van der Waals surface area contributed by atoms with Crippen LogP contribution >= 0.6 is 11.6 Å². The molecule has 1 aromatic carbocycles. The van der Waals surface area contributed by atoms with Gasteiger partial charge in [-0.1, -0.05) is 23.7 Å². The third kappa shape index (κ3) is 2.71. The van der Waals surface area contributed by atoms with Gasteiger partial charge < -0.3 is 4.90 Å². The number of para-hydroxylation sites is 1. The van der Waals surface area contributed by atoms with Gasteiger partial charge in [-0.25, -0.2) is 13.8 Å². The summed E-state index contributed by atoms with van der Waals surface area (Å²) in [5, 5.41) is -0.130. The first-order valence-electron chi connectivity index (χ1n) is 5.34. The van der Waals surface area contributed by atoms with Gasteiger partial charge in [-0.3, -0.25) is 4.79 Å². The minimum atomic E-state index is -0.685.